The Labute approximate surface area is 88.6 Å². The molecular weight excluding hydrogens is 234 g/mol. The van der Waals surface area contributed by atoms with E-state index in [1.54, 1.807) is 0 Å². The first-order valence-electron chi connectivity index (χ1n) is 4.50. The summed E-state index contributed by atoms with van der Waals surface area (Å²) in [6.45, 7) is 1.90. The zero-order chi connectivity index (χ0) is 12.8. The van der Waals surface area contributed by atoms with E-state index in [4.69, 9.17) is 0 Å². The molecule has 6 heteroatoms. The molecule has 92 valence electrons. The first-order chi connectivity index (χ1) is 6.97. The number of hydrogen-bond acceptors (Lipinski definition) is 0. The SMILES string of the molecule is CC1(C)C(C(F)(F)F)=CC=CC1C(F)(F)F. The smallest absolute Gasteiger partial charge is 0.170 e. The van der Waals surface area contributed by atoms with Crippen LogP contribution in [0.5, 0.6) is 0 Å². The molecule has 0 aromatic carbocycles. The number of allylic oxidation sites excluding steroid dienone is 4. The second-order valence-electron chi connectivity index (χ2n) is 4.20. The third kappa shape index (κ3) is 2.25. The summed E-state index contributed by atoms with van der Waals surface area (Å²) in [5.74, 6) is -2.11. The van der Waals surface area contributed by atoms with Gasteiger partial charge in [0.2, 0.25) is 0 Å². The summed E-state index contributed by atoms with van der Waals surface area (Å²) in [7, 11) is 0. The maximum absolute atomic E-state index is 12.6. The standard InChI is InChI=1S/C10H10F6/c1-8(2)6(9(11,12)13)4-3-5-7(8)10(14,15)16/h3-6H,1-2H3. The molecule has 0 aliphatic heterocycles. The minimum absolute atomic E-state index is 0.697. The van der Waals surface area contributed by atoms with Crippen molar-refractivity contribution in [2.45, 2.75) is 26.2 Å². The Hall–Kier alpha value is -0.940. The lowest BCUT2D eigenvalue weighted by atomic mass is 9.69. The lowest BCUT2D eigenvalue weighted by Crippen LogP contribution is -2.41. The molecule has 0 spiro atoms. The van der Waals surface area contributed by atoms with Crippen LogP contribution in [-0.4, -0.2) is 12.4 Å². The highest BCUT2D eigenvalue weighted by atomic mass is 19.4. The van der Waals surface area contributed by atoms with Crippen molar-refractivity contribution in [3.05, 3.63) is 23.8 Å². The van der Waals surface area contributed by atoms with Crippen molar-refractivity contribution < 1.29 is 26.3 Å². The summed E-state index contributed by atoms with van der Waals surface area (Å²) < 4.78 is 75.2. The topological polar surface area (TPSA) is 0 Å². The fourth-order valence-electron chi connectivity index (χ4n) is 1.86. The molecule has 0 heterocycles. The highest BCUT2D eigenvalue weighted by Crippen LogP contribution is 2.51. The molecule has 0 radical (unpaired) electrons. The van der Waals surface area contributed by atoms with E-state index in [1.165, 1.54) is 0 Å². The lowest BCUT2D eigenvalue weighted by Gasteiger charge is -2.38. The summed E-state index contributed by atoms with van der Waals surface area (Å²) in [5.41, 5.74) is -3.14. The molecular formula is C10H10F6. The van der Waals surface area contributed by atoms with Gasteiger partial charge in [0.15, 0.2) is 0 Å². The van der Waals surface area contributed by atoms with Crippen molar-refractivity contribution in [2.75, 3.05) is 0 Å². The maximum atomic E-state index is 12.6. The quantitative estimate of drug-likeness (QED) is 0.559. The van der Waals surface area contributed by atoms with Crippen molar-refractivity contribution in [3.63, 3.8) is 0 Å². The van der Waals surface area contributed by atoms with Crippen LogP contribution >= 0.6 is 0 Å². The average Bonchev–Trinajstić information content (AvgIpc) is 1.97. The summed E-state index contributed by atoms with van der Waals surface area (Å²) in [6.07, 6.45) is -7.15. The van der Waals surface area contributed by atoms with Crippen molar-refractivity contribution in [1.82, 2.24) is 0 Å². The molecule has 1 unspecified atom stereocenters. The molecule has 16 heavy (non-hydrogen) atoms. The van der Waals surface area contributed by atoms with Crippen LogP contribution in [0.15, 0.2) is 23.8 Å². The lowest BCUT2D eigenvalue weighted by molar-refractivity contribution is -0.192. The van der Waals surface area contributed by atoms with Gasteiger partial charge in [0.1, 0.15) is 0 Å². The van der Waals surface area contributed by atoms with Gasteiger partial charge in [-0.15, -0.1) is 0 Å². The van der Waals surface area contributed by atoms with E-state index in [-0.39, 0.29) is 0 Å². The van der Waals surface area contributed by atoms with E-state index in [1.807, 2.05) is 0 Å². The van der Waals surface area contributed by atoms with Gasteiger partial charge in [-0.3, -0.25) is 0 Å². The Bertz CT molecular complexity index is 328. The molecule has 1 atom stereocenters. The van der Waals surface area contributed by atoms with Gasteiger partial charge in [0.25, 0.3) is 0 Å². The third-order valence-corrected chi connectivity index (χ3v) is 2.70. The monoisotopic (exact) mass is 244 g/mol. The van der Waals surface area contributed by atoms with Crippen LogP contribution in [0.3, 0.4) is 0 Å². The largest absolute Gasteiger partial charge is 0.413 e. The van der Waals surface area contributed by atoms with Gasteiger partial charge in [-0.05, 0) is 0 Å². The van der Waals surface area contributed by atoms with Crippen LogP contribution in [0, 0.1) is 11.3 Å². The Kier molecular flexibility index (Phi) is 2.90. The highest BCUT2D eigenvalue weighted by Gasteiger charge is 2.55. The van der Waals surface area contributed by atoms with Crippen LogP contribution in [0.25, 0.3) is 0 Å². The van der Waals surface area contributed by atoms with Crippen LogP contribution in [-0.2, 0) is 0 Å². The molecule has 0 nitrogen and oxygen atoms in total. The molecule has 0 saturated carbocycles. The Balaban J connectivity index is 3.19. The molecule has 0 saturated heterocycles. The maximum Gasteiger partial charge on any atom is 0.413 e. The number of halogens is 6. The van der Waals surface area contributed by atoms with Gasteiger partial charge >= 0.3 is 12.4 Å². The van der Waals surface area contributed by atoms with E-state index in [2.05, 4.69) is 0 Å². The van der Waals surface area contributed by atoms with Gasteiger partial charge in [-0.1, -0.05) is 32.1 Å². The molecule has 1 aliphatic carbocycles. The summed E-state index contributed by atoms with van der Waals surface area (Å²) in [4.78, 5) is 0. The number of rotatable bonds is 0. The Morgan fingerprint density at radius 3 is 1.94 bits per heavy atom. The number of hydrogen-bond donors (Lipinski definition) is 0. The summed E-state index contributed by atoms with van der Waals surface area (Å²) in [6, 6.07) is 0. The predicted octanol–water partition coefficient (Wildman–Crippen LogP) is 4.25. The molecule has 0 aromatic heterocycles. The Morgan fingerprint density at radius 2 is 1.56 bits per heavy atom. The summed E-state index contributed by atoms with van der Waals surface area (Å²) >= 11 is 0. The minimum Gasteiger partial charge on any atom is -0.170 e. The van der Waals surface area contributed by atoms with Crippen molar-refractivity contribution in [2.24, 2.45) is 11.3 Å². The second-order valence-corrected chi connectivity index (χ2v) is 4.20. The van der Waals surface area contributed by atoms with Crippen molar-refractivity contribution in [3.8, 4) is 0 Å². The van der Waals surface area contributed by atoms with Crippen molar-refractivity contribution >= 4 is 0 Å². The van der Waals surface area contributed by atoms with Gasteiger partial charge in [0.05, 0.1) is 5.92 Å². The molecule has 0 bridgehead atoms. The molecule has 0 fully saturated rings. The van der Waals surface area contributed by atoms with Crippen LogP contribution in [0.4, 0.5) is 26.3 Å². The third-order valence-electron chi connectivity index (χ3n) is 2.70. The fraction of sp³-hybridized carbons (Fsp3) is 0.600. The van der Waals surface area contributed by atoms with E-state index in [0.29, 0.717) is 6.08 Å². The van der Waals surface area contributed by atoms with E-state index >= 15 is 0 Å². The van der Waals surface area contributed by atoms with Gasteiger partial charge in [-0.25, -0.2) is 0 Å². The first kappa shape index (κ1) is 13.1. The zero-order valence-corrected chi connectivity index (χ0v) is 8.58. The average molecular weight is 244 g/mol. The van der Waals surface area contributed by atoms with Crippen molar-refractivity contribution in [1.29, 1.82) is 0 Å². The Morgan fingerprint density at radius 1 is 1.06 bits per heavy atom. The van der Waals surface area contributed by atoms with Crippen LogP contribution in [0.1, 0.15) is 13.8 Å². The predicted molar refractivity (Wildman–Crippen MR) is 46.6 cm³/mol. The molecule has 1 aliphatic rings. The fourth-order valence-corrected chi connectivity index (χ4v) is 1.86. The molecule has 0 N–H and O–H groups in total. The second kappa shape index (κ2) is 3.53. The molecule has 0 amide bonds. The minimum atomic E-state index is -4.74. The van der Waals surface area contributed by atoms with E-state index < -0.39 is 29.3 Å². The zero-order valence-electron chi connectivity index (χ0n) is 8.58. The highest BCUT2D eigenvalue weighted by molar-refractivity contribution is 5.31. The molecule has 0 aromatic rings. The van der Waals surface area contributed by atoms with Crippen LogP contribution in [0.2, 0.25) is 0 Å². The van der Waals surface area contributed by atoms with Gasteiger partial charge in [0, 0.05) is 11.0 Å². The normalized spacial score (nSPS) is 25.5. The van der Waals surface area contributed by atoms with E-state index in [0.717, 1.165) is 26.0 Å². The summed E-state index contributed by atoms with van der Waals surface area (Å²) in [5, 5.41) is 0. The first-order valence-corrected chi connectivity index (χ1v) is 4.50. The molecule has 1 rings (SSSR count). The van der Waals surface area contributed by atoms with Gasteiger partial charge in [-0.2, -0.15) is 26.3 Å². The van der Waals surface area contributed by atoms with Gasteiger partial charge < -0.3 is 0 Å². The van der Waals surface area contributed by atoms with Crippen LogP contribution < -0.4 is 0 Å². The number of alkyl halides is 6. The van der Waals surface area contributed by atoms with E-state index in [9.17, 15) is 26.3 Å².